The standard InChI is InChI=1S/C22H38N4O2.HI/c1-4-26(21-8-5-7-19(2)17-21)13-12-25-22(23-3)24-11-6-14-28-18-20-9-15-27-16-10-20;/h5,7-8,17,20H,4,6,9-16,18H2,1-3H3,(H2,23,24,25);1H. The molecule has 1 aromatic rings. The van der Waals surface area contributed by atoms with Gasteiger partial charge in [0.05, 0.1) is 0 Å². The van der Waals surface area contributed by atoms with Crippen molar-refractivity contribution in [2.75, 3.05) is 64.6 Å². The molecule has 0 aliphatic carbocycles. The Morgan fingerprint density at radius 3 is 2.69 bits per heavy atom. The van der Waals surface area contributed by atoms with Crippen LogP contribution in [0.5, 0.6) is 0 Å². The number of likely N-dealkylation sites (N-methyl/N-ethyl adjacent to an activating group) is 1. The van der Waals surface area contributed by atoms with Crippen LogP contribution in [-0.2, 0) is 9.47 Å². The number of rotatable bonds is 11. The van der Waals surface area contributed by atoms with Crippen molar-refractivity contribution in [3.8, 4) is 0 Å². The molecule has 0 spiro atoms. The van der Waals surface area contributed by atoms with Gasteiger partial charge in [0.1, 0.15) is 0 Å². The highest BCUT2D eigenvalue weighted by atomic mass is 127. The molecule has 2 N–H and O–H groups in total. The number of nitrogens with zero attached hydrogens (tertiary/aromatic N) is 2. The fraction of sp³-hybridized carbons (Fsp3) is 0.682. The lowest BCUT2D eigenvalue weighted by Crippen LogP contribution is -2.42. The molecule has 6 nitrogen and oxygen atoms in total. The second kappa shape index (κ2) is 15.7. The molecule has 0 radical (unpaired) electrons. The summed E-state index contributed by atoms with van der Waals surface area (Å²) in [7, 11) is 1.81. The van der Waals surface area contributed by atoms with Crippen molar-refractivity contribution in [1.82, 2.24) is 10.6 Å². The van der Waals surface area contributed by atoms with E-state index in [0.29, 0.717) is 5.92 Å². The van der Waals surface area contributed by atoms with Crippen molar-refractivity contribution in [1.29, 1.82) is 0 Å². The second-order valence-electron chi connectivity index (χ2n) is 7.33. The van der Waals surface area contributed by atoms with Gasteiger partial charge in [-0.05, 0) is 56.7 Å². The van der Waals surface area contributed by atoms with Crippen LogP contribution >= 0.6 is 24.0 Å². The van der Waals surface area contributed by atoms with Gasteiger partial charge in [0, 0.05) is 65.3 Å². The zero-order valence-electron chi connectivity index (χ0n) is 18.3. The van der Waals surface area contributed by atoms with Crippen molar-refractivity contribution >= 4 is 35.6 Å². The van der Waals surface area contributed by atoms with E-state index in [1.54, 1.807) is 0 Å². The molecule has 7 heteroatoms. The average molecular weight is 518 g/mol. The average Bonchev–Trinajstić information content (AvgIpc) is 2.73. The van der Waals surface area contributed by atoms with Gasteiger partial charge in [0.15, 0.2) is 5.96 Å². The lowest BCUT2D eigenvalue weighted by atomic mass is 10.0. The van der Waals surface area contributed by atoms with Crippen molar-refractivity contribution in [2.45, 2.75) is 33.1 Å². The number of hydrogen-bond donors (Lipinski definition) is 2. The summed E-state index contributed by atoms with van der Waals surface area (Å²) >= 11 is 0. The van der Waals surface area contributed by atoms with Crippen LogP contribution in [0.3, 0.4) is 0 Å². The lowest BCUT2D eigenvalue weighted by Gasteiger charge is -2.24. The number of aryl methyl sites for hydroxylation is 1. The Bertz CT molecular complexity index is 580. The monoisotopic (exact) mass is 518 g/mol. The van der Waals surface area contributed by atoms with Crippen LogP contribution < -0.4 is 15.5 Å². The third-order valence-electron chi connectivity index (χ3n) is 5.10. The molecule has 0 unspecified atom stereocenters. The molecule has 2 rings (SSSR count). The van der Waals surface area contributed by atoms with E-state index >= 15 is 0 Å². The quantitative estimate of drug-likeness (QED) is 0.204. The minimum Gasteiger partial charge on any atom is -0.381 e. The predicted molar refractivity (Wildman–Crippen MR) is 133 cm³/mol. The van der Waals surface area contributed by atoms with Crippen molar-refractivity contribution in [3.05, 3.63) is 29.8 Å². The predicted octanol–water partition coefficient (Wildman–Crippen LogP) is 3.44. The molecule has 1 aliphatic heterocycles. The van der Waals surface area contributed by atoms with E-state index in [0.717, 1.165) is 77.8 Å². The zero-order chi connectivity index (χ0) is 20.0. The first kappa shape index (κ1) is 26.0. The summed E-state index contributed by atoms with van der Waals surface area (Å²) in [6.07, 6.45) is 3.24. The van der Waals surface area contributed by atoms with Crippen LogP contribution in [0.2, 0.25) is 0 Å². The van der Waals surface area contributed by atoms with E-state index < -0.39 is 0 Å². The molecule has 0 atom stereocenters. The SMILES string of the molecule is CCN(CCNC(=NC)NCCCOCC1CCOCC1)c1cccc(C)c1.I. The first-order valence-electron chi connectivity index (χ1n) is 10.6. The van der Waals surface area contributed by atoms with Crippen molar-refractivity contribution in [3.63, 3.8) is 0 Å². The van der Waals surface area contributed by atoms with Crippen molar-refractivity contribution in [2.24, 2.45) is 10.9 Å². The molecule has 0 aromatic heterocycles. The normalized spacial score (nSPS) is 14.9. The minimum absolute atomic E-state index is 0. The van der Waals surface area contributed by atoms with Gasteiger partial charge in [-0.15, -0.1) is 24.0 Å². The molecular weight excluding hydrogens is 479 g/mol. The van der Waals surface area contributed by atoms with Crippen LogP contribution in [-0.4, -0.2) is 65.6 Å². The molecule has 1 saturated heterocycles. The second-order valence-corrected chi connectivity index (χ2v) is 7.33. The summed E-state index contributed by atoms with van der Waals surface area (Å²) in [6.45, 7) is 11.4. The number of guanidine groups is 1. The number of hydrogen-bond acceptors (Lipinski definition) is 4. The molecule has 1 fully saturated rings. The van der Waals surface area contributed by atoms with Gasteiger partial charge >= 0.3 is 0 Å². The Morgan fingerprint density at radius 2 is 2.00 bits per heavy atom. The Hall–Kier alpha value is -1.06. The molecule has 0 saturated carbocycles. The molecule has 1 heterocycles. The highest BCUT2D eigenvalue weighted by Gasteiger charge is 2.13. The molecule has 1 aliphatic rings. The van der Waals surface area contributed by atoms with E-state index in [-0.39, 0.29) is 24.0 Å². The maximum atomic E-state index is 5.81. The van der Waals surface area contributed by atoms with Crippen LogP contribution in [0.15, 0.2) is 29.3 Å². The van der Waals surface area contributed by atoms with Gasteiger partial charge in [-0.2, -0.15) is 0 Å². The molecule has 29 heavy (non-hydrogen) atoms. The Balaban J connectivity index is 0.00000420. The first-order valence-corrected chi connectivity index (χ1v) is 10.6. The van der Waals surface area contributed by atoms with E-state index in [4.69, 9.17) is 9.47 Å². The number of benzene rings is 1. The third-order valence-corrected chi connectivity index (χ3v) is 5.10. The van der Waals surface area contributed by atoms with Gasteiger partial charge in [0.2, 0.25) is 0 Å². The van der Waals surface area contributed by atoms with E-state index in [2.05, 4.69) is 58.6 Å². The van der Waals surface area contributed by atoms with E-state index in [9.17, 15) is 0 Å². The first-order chi connectivity index (χ1) is 13.7. The van der Waals surface area contributed by atoms with Crippen LogP contribution in [0.25, 0.3) is 0 Å². The van der Waals surface area contributed by atoms with Gasteiger partial charge < -0.3 is 25.0 Å². The Morgan fingerprint density at radius 1 is 1.24 bits per heavy atom. The van der Waals surface area contributed by atoms with Crippen LogP contribution in [0, 0.1) is 12.8 Å². The molecule has 1 aromatic carbocycles. The summed E-state index contributed by atoms with van der Waals surface area (Å²) in [5, 5.41) is 6.77. The summed E-state index contributed by atoms with van der Waals surface area (Å²) in [4.78, 5) is 6.68. The fourth-order valence-electron chi connectivity index (χ4n) is 3.37. The van der Waals surface area contributed by atoms with Crippen LogP contribution in [0.1, 0.15) is 31.7 Å². The molecule has 0 amide bonds. The van der Waals surface area contributed by atoms with Gasteiger partial charge in [0.25, 0.3) is 0 Å². The largest absolute Gasteiger partial charge is 0.381 e. The summed E-state index contributed by atoms with van der Waals surface area (Å²) < 4.78 is 11.2. The highest BCUT2D eigenvalue weighted by Crippen LogP contribution is 2.15. The summed E-state index contributed by atoms with van der Waals surface area (Å²) in [5.41, 5.74) is 2.56. The topological polar surface area (TPSA) is 58.1 Å². The van der Waals surface area contributed by atoms with E-state index in [1.165, 1.54) is 11.3 Å². The molecular formula is C22H39IN4O2. The highest BCUT2D eigenvalue weighted by molar-refractivity contribution is 14.0. The van der Waals surface area contributed by atoms with Gasteiger partial charge in [-0.25, -0.2) is 0 Å². The molecule has 166 valence electrons. The lowest BCUT2D eigenvalue weighted by molar-refractivity contribution is 0.0203. The fourth-order valence-corrected chi connectivity index (χ4v) is 3.37. The van der Waals surface area contributed by atoms with Crippen LogP contribution in [0.4, 0.5) is 5.69 Å². The molecule has 0 bridgehead atoms. The number of aliphatic imine (C=N–C) groups is 1. The number of anilines is 1. The summed E-state index contributed by atoms with van der Waals surface area (Å²) in [5.74, 6) is 1.52. The van der Waals surface area contributed by atoms with Gasteiger partial charge in [-0.3, -0.25) is 4.99 Å². The number of nitrogens with one attached hydrogen (secondary N) is 2. The minimum atomic E-state index is 0. The Labute approximate surface area is 193 Å². The number of ether oxygens (including phenoxy) is 2. The maximum Gasteiger partial charge on any atom is 0.191 e. The van der Waals surface area contributed by atoms with Crippen molar-refractivity contribution < 1.29 is 9.47 Å². The Kier molecular flexibility index (Phi) is 14.1. The van der Waals surface area contributed by atoms with E-state index in [1.807, 2.05) is 7.05 Å². The smallest absolute Gasteiger partial charge is 0.191 e. The van der Waals surface area contributed by atoms with Gasteiger partial charge in [-0.1, -0.05) is 12.1 Å². The third kappa shape index (κ3) is 10.5. The summed E-state index contributed by atoms with van der Waals surface area (Å²) in [6, 6.07) is 8.65. The zero-order valence-corrected chi connectivity index (χ0v) is 20.6. The number of halogens is 1. The maximum absolute atomic E-state index is 5.81.